The summed E-state index contributed by atoms with van der Waals surface area (Å²) in [4.78, 5) is 20.3. The molecule has 0 unspecified atom stereocenters. The maximum absolute atomic E-state index is 13.0. The number of nitrogens with one attached hydrogen (secondary N) is 1. The first-order valence-corrected chi connectivity index (χ1v) is 12.6. The second-order valence-corrected chi connectivity index (χ2v) is 9.99. The number of amides is 1. The van der Waals surface area contributed by atoms with Crippen LogP contribution < -0.4 is 10.2 Å². The number of nitrogens with zero attached hydrogens (tertiary/aromatic N) is 3. The van der Waals surface area contributed by atoms with Crippen LogP contribution in [-0.2, 0) is 11.3 Å². The third-order valence-corrected chi connectivity index (χ3v) is 7.55. The molecule has 2 heterocycles. The monoisotopic (exact) mass is 486 g/mol. The van der Waals surface area contributed by atoms with Gasteiger partial charge in [0.2, 0.25) is 11.9 Å². The van der Waals surface area contributed by atoms with Crippen molar-refractivity contribution < 1.29 is 4.79 Å². The van der Waals surface area contributed by atoms with E-state index in [1.807, 2.05) is 31.2 Å². The maximum atomic E-state index is 13.0. The van der Waals surface area contributed by atoms with E-state index in [4.69, 9.17) is 16.6 Å². The number of anilines is 2. The number of carbonyl (C=O) groups excluding carboxylic acids is 1. The van der Waals surface area contributed by atoms with Gasteiger partial charge in [-0.1, -0.05) is 53.6 Å². The molecule has 1 amide bonds. The zero-order valence-electron chi connectivity index (χ0n) is 20.5. The summed E-state index contributed by atoms with van der Waals surface area (Å²) in [6.07, 6.45) is 1.58. The van der Waals surface area contributed by atoms with E-state index in [0.29, 0.717) is 5.02 Å². The number of piperidine rings is 1. The van der Waals surface area contributed by atoms with E-state index < -0.39 is 0 Å². The fourth-order valence-electron chi connectivity index (χ4n) is 4.92. The molecule has 6 heteroatoms. The summed E-state index contributed by atoms with van der Waals surface area (Å²) in [5.41, 5.74) is 7.69. The molecule has 35 heavy (non-hydrogen) atoms. The molecule has 1 saturated heterocycles. The lowest BCUT2D eigenvalue weighted by molar-refractivity contribution is -0.120. The first-order valence-electron chi connectivity index (χ1n) is 12.2. The number of para-hydroxylation sites is 2. The lowest BCUT2D eigenvalue weighted by atomic mass is 9.96. The Morgan fingerprint density at radius 3 is 2.60 bits per heavy atom. The Morgan fingerprint density at radius 2 is 1.80 bits per heavy atom. The van der Waals surface area contributed by atoms with Crippen molar-refractivity contribution in [2.24, 2.45) is 5.92 Å². The molecule has 1 aromatic heterocycles. The van der Waals surface area contributed by atoms with Gasteiger partial charge in [-0.05, 0) is 74.6 Å². The molecule has 0 aliphatic carbocycles. The zero-order valence-corrected chi connectivity index (χ0v) is 21.3. The van der Waals surface area contributed by atoms with Gasteiger partial charge in [0.15, 0.2) is 0 Å². The Balaban J connectivity index is 1.35. The molecule has 0 spiro atoms. The minimum atomic E-state index is -0.0264. The molecule has 1 fully saturated rings. The average Bonchev–Trinajstić information content (AvgIpc) is 3.22. The fourth-order valence-corrected chi connectivity index (χ4v) is 5.09. The van der Waals surface area contributed by atoms with Crippen molar-refractivity contribution >= 4 is 40.2 Å². The van der Waals surface area contributed by atoms with Gasteiger partial charge in [-0.3, -0.25) is 4.79 Å². The number of benzene rings is 3. The molecule has 0 radical (unpaired) electrons. The smallest absolute Gasteiger partial charge is 0.227 e. The van der Waals surface area contributed by atoms with Crippen molar-refractivity contribution in [2.45, 2.75) is 40.2 Å². The Bertz CT molecular complexity index is 1380. The van der Waals surface area contributed by atoms with Gasteiger partial charge < -0.3 is 14.8 Å². The molecule has 0 bridgehead atoms. The van der Waals surface area contributed by atoms with E-state index in [9.17, 15) is 4.79 Å². The normalized spacial score (nSPS) is 14.5. The van der Waals surface area contributed by atoms with Gasteiger partial charge in [-0.2, -0.15) is 0 Å². The fraction of sp³-hybridized carbons (Fsp3) is 0.310. The summed E-state index contributed by atoms with van der Waals surface area (Å²) in [7, 11) is 0. The van der Waals surface area contributed by atoms with Gasteiger partial charge in [0.05, 0.1) is 17.6 Å². The van der Waals surface area contributed by atoms with E-state index in [0.717, 1.165) is 60.7 Å². The zero-order chi connectivity index (χ0) is 24.5. The van der Waals surface area contributed by atoms with Crippen LogP contribution >= 0.6 is 11.6 Å². The summed E-state index contributed by atoms with van der Waals surface area (Å²) < 4.78 is 2.33. The average molecular weight is 487 g/mol. The number of rotatable bonds is 5. The van der Waals surface area contributed by atoms with Crippen molar-refractivity contribution in [3.8, 4) is 0 Å². The molecule has 3 aromatic carbocycles. The highest BCUT2D eigenvalue weighted by molar-refractivity contribution is 6.31. The largest absolute Gasteiger partial charge is 0.342 e. The lowest BCUT2D eigenvalue weighted by Gasteiger charge is -2.32. The van der Waals surface area contributed by atoms with Gasteiger partial charge in [-0.15, -0.1) is 0 Å². The molecule has 1 N–H and O–H groups in total. The molecule has 0 atom stereocenters. The molecule has 5 nitrogen and oxygen atoms in total. The molecule has 180 valence electrons. The Kier molecular flexibility index (Phi) is 6.52. The molecule has 1 aliphatic heterocycles. The third-order valence-electron chi connectivity index (χ3n) is 7.14. The standard InChI is InChI=1S/C29H31ClN4O/c1-19-11-12-20(2)23(17-19)18-34-27-10-5-4-8-26(27)32-29(34)33-15-13-22(14-16-33)28(35)31-25-9-6-7-24(30)21(25)3/h4-12,17,22H,13-16,18H2,1-3H3,(H,31,35). The van der Waals surface area contributed by atoms with Crippen LogP contribution in [0.3, 0.4) is 0 Å². The highest BCUT2D eigenvalue weighted by atomic mass is 35.5. The van der Waals surface area contributed by atoms with Crippen LogP contribution in [0.5, 0.6) is 0 Å². The van der Waals surface area contributed by atoms with Crippen LogP contribution in [0.15, 0.2) is 60.7 Å². The number of imidazole rings is 1. The van der Waals surface area contributed by atoms with E-state index in [-0.39, 0.29) is 11.8 Å². The SMILES string of the molecule is Cc1ccc(C)c(Cn2c(N3CCC(C(=O)Nc4cccc(Cl)c4C)CC3)nc3ccccc32)c1. The lowest BCUT2D eigenvalue weighted by Crippen LogP contribution is -2.39. The second-order valence-electron chi connectivity index (χ2n) is 9.58. The van der Waals surface area contributed by atoms with Crippen molar-refractivity contribution in [3.63, 3.8) is 0 Å². The van der Waals surface area contributed by atoms with Crippen LogP contribution in [0.1, 0.15) is 35.1 Å². The van der Waals surface area contributed by atoms with Crippen LogP contribution in [-0.4, -0.2) is 28.5 Å². The summed E-state index contributed by atoms with van der Waals surface area (Å²) in [6, 6.07) is 20.6. The molecular weight excluding hydrogens is 456 g/mol. The van der Waals surface area contributed by atoms with Crippen LogP contribution in [0.4, 0.5) is 11.6 Å². The summed E-state index contributed by atoms with van der Waals surface area (Å²) >= 11 is 6.23. The predicted molar refractivity (Wildman–Crippen MR) is 145 cm³/mol. The Morgan fingerprint density at radius 1 is 1.03 bits per heavy atom. The van der Waals surface area contributed by atoms with Gasteiger partial charge in [0, 0.05) is 29.7 Å². The van der Waals surface area contributed by atoms with Crippen molar-refractivity contribution in [1.82, 2.24) is 9.55 Å². The maximum Gasteiger partial charge on any atom is 0.227 e. The quantitative estimate of drug-likeness (QED) is 0.349. The van der Waals surface area contributed by atoms with Crippen molar-refractivity contribution in [1.29, 1.82) is 0 Å². The number of carbonyl (C=O) groups is 1. The summed E-state index contributed by atoms with van der Waals surface area (Å²) in [6.45, 7) is 8.60. The van der Waals surface area contributed by atoms with Gasteiger partial charge in [0.1, 0.15) is 0 Å². The van der Waals surface area contributed by atoms with Gasteiger partial charge in [0.25, 0.3) is 0 Å². The summed E-state index contributed by atoms with van der Waals surface area (Å²) in [5, 5.41) is 3.76. The van der Waals surface area contributed by atoms with Gasteiger partial charge >= 0.3 is 0 Å². The number of hydrogen-bond donors (Lipinski definition) is 1. The van der Waals surface area contributed by atoms with E-state index in [2.05, 4.69) is 65.0 Å². The van der Waals surface area contributed by atoms with Crippen molar-refractivity contribution in [2.75, 3.05) is 23.3 Å². The number of hydrogen-bond acceptors (Lipinski definition) is 3. The number of halogens is 1. The van der Waals surface area contributed by atoms with Crippen LogP contribution in [0.2, 0.25) is 5.02 Å². The molecular formula is C29H31ClN4O. The molecule has 1 aliphatic rings. The minimum absolute atomic E-state index is 0.0264. The highest BCUT2D eigenvalue weighted by Crippen LogP contribution is 2.30. The van der Waals surface area contributed by atoms with Gasteiger partial charge in [-0.25, -0.2) is 4.98 Å². The number of aromatic nitrogens is 2. The number of fused-ring (bicyclic) bond motifs is 1. The van der Waals surface area contributed by atoms with Crippen molar-refractivity contribution in [3.05, 3.63) is 87.9 Å². The predicted octanol–water partition coefficient (Wildman–Crippen LogP) is 6.52. The topological polar surface area (TPSA) is 50.2 Å². The molecule has 5 rings (SSSR count). The van der Waals surface area contributed by atoms with E-state index in [1.54, 1.807) is 0 Å². The van der Waals surface area contributed by atoms with Crippen LogP contribution in [0, 0.1) is 26.7 Å². The Hall–Kier alpha value is -3.31. The summed E-state index contributed by atoms with van der Waals surface area (Å²) in [5.74, 6) is 1.03. The second kappa shape index (κ2) is 9.74. The Labute approximate surface area is 211 Å². The third kappa shape index (κ3) is 4.78. The molecule has 0 saturated carbocycles. The van der Waals surface area contributed by atoms with E-state index in [1.165, 1.54) is 16.7 Å². The van der Waals surface area contributed by atoms with Crippen LogP contribution in [0.25, 0.3) is 11.0 Å². The minimum Gasteiger partial charge on any atom is -0.342 e. The first-order chi connectivity index (χ1) is 16.9. The number of aryl methyl sites for hydroxylation is 2. The van der Waals surface area contributed by atoms with E-state index >= 15 is 0 Å². The highest BCUT2D eigenvalue weighted by Gasteiger charge is 2.28. The first kappa shape index (κ1) is 23.4. The molecule has 4 aromatic rings.